The number of nitrogens with one attached hydrogen (secondary N) is 1. The number of amides is 2. The van der Waals surface area contributed by atoms with Crippen molar-refractivity contribution in [3.8, 4) is 0 Å². The highest BCUT2D eigenvalue weighted by Crippen LogP contribution is 2.06. The third-order valence-corrected chi connectivity index (χ3v) is 2.86. The summed E-state index contributed by atoms with van der Waals surface area (Å²) in [5.74, 6) is -2.67. The summed E-state index contributed by atoms with van der Waals surface area (Å²) in [7, 11) is 1.51. The molecule has 1 aromatic rings. The first-order valence-electron chi connectivity index (χ1n) is 6.31. The Kier molecular flexibility index (Phi) is 5.71. The predicted octanol–water partition coefficient (Wildman–Crippen LogP) is 1.06. The summed E-state index contributed by atoms with van der Waals surface area (Å²) in [6.07, 6.45) is -0.667. The van der Waals surface area contributed by atoms with Gasteiger partial charge in [-0.2, -0.15) is 0 Å². The van der Waals surface area contributed by atoms with E-state index in [1.165, 1.54) is 11.9 Å². The van der Waals surface area contributed by atoms with Crippen LogP contribution in [0.3, 0.4) is 0 Å². The van der Waals surface area contributed by atoms with Gasteiger partial charge in [0.05, 0.1) is 6.42 Å². The van der Waals surface area contributed by atoms with Crippen molar-refractivity contribution in [1.29, 1.82) is 0 Å². The maximum absolute atomic E-state index is 11.9. The summed E-state index contributed by atoms with van der Waals surface area (Å²) in [6, 6.07) is 5.47. The van der Waals surface area contributed by atoms with Gasteiger partial charge in [0, 0.05) is 13.6 Å². The van der Waals surface area contributed by atoms with Gasteiger partial charge in [-0.3, -0.25) is 4.79 Å². The quantitative estimate of drug-likeness (QED) is 0.727. The number of aliphatic carboxylic acids is 2. The largest absolute Gasteiger partial charge is 0.481 e. The normalized spacial score (nSPS) is 11.5. The first-order chi connectivity index (χ1) is 9.79. The van der Waals surface area contributed by atoms with Crippen LogP contribution in [0, 0.1) is 6.92 Å². The van der Waals surface area contributed by atoms with Gasteiger partial charge in [0.1, 0.15) is 6.04 Å². The molecule has 3 N–H and O–H groups in total. The minimum atomic E-state index is -1.45. The van der Waals surface area contributed by atoms with E-state index >= 15 is 0 Å². The fourth-order valence-corrected chi connectivity index (χ4v) is 1.67. The Morgan fingerprint density at radius 3 is 2.24 bits per heavy atom. The van der Waals surface area contributed by atoms with Gasteiger partial charge in [0.25, 0.3) is 0 Å². The lowest BCUT2D eigenvalue weighted by atomic mass is 10.1. The molecule has 0 fully saturated rings. The second-order valence-electron chi connectivity index (χ2n) is 4.78. The molecule has 1 rings (SSSR count). The zero-order valence-corrected chi connectivity index (χ0v) is 11.9. The lowest BCUT2D eigenvalue weighted by Gasteiger charge is -2.20. The van der Waals surface area contributed by atoms with E-state index < -0.39 is 30.4 Å². The molecule has 0 saturated carbocycles. The zero-order valence-electron chi connectivity index (χ0n) is 11.9. The van der Waals surface area contributed by atoms with E-state index in [1.54, 1.807) is 0 Å². The molecule has 0 aliphatic carbocycles. The Hall–Kier alpha value is -2.57. The number of carboxylic acid groups (broad SMARTS) is 2. The van der Waals surface area contributed by atoms with Crippen LogP contribution in [0.25, 0.3) is 0 Å². The van der Waals surface area contributed by atoms with E-state index in [1.807, 2.05) is 31.2 Å². The predicted molar refractivity (Wildman–Crippen MR) is 74.9 cm³/mol. The maximum atomic E-state index is 11.9. The maximum Gasteiger partial charge on any atom is 0.326 e. The molecule has 0 heterocycles. The summed E-state index contributed by atoms with van der Waals surface area (Å²) in [6.45, 7) is 2.25. The van der Waals surface area contributed by atoms with Crippen LogP contribution < -0.4 is 5.32 Å². The molecule has 1 unspecified atom stereocenters. The van der Waals surface area contributed by atoms with Crippen LogP contribution in [0.15, 0.2) is 24.3 Å². The van der Waals surface area contributed by atoms with Gasteiger partial charge in [0.2, 0.25) is 0 Å². The average Bonchev–Trinajstić information content (AvgIpc) is 2.39. The van der Waals surface area contributed by atoms with E-state index in [0.29, 0.717) is 6.54 Å². The van der Waals surface area contributed by atoms with Crippen LogP contribution in [0.4, 0.5) is 4.79 Å². The van der Waals surface area contributed by atoms with Crippen molar-refractivity contribution in [1.82, 2.24) is 10.2 Å². The molecule has 21 heavy (non-hydrogen) atoms. The van der Waals surface area contributed by atoms with Gasteiger partial charge in [-0.1, -0.05) is 29.8 Å². The number of carbonyl (C=O) groups is 3. The summed E-state index contributed by atoms with van der Waals surface area (Å²) < 4.78 is 0. The highest BCUT2D eigenvalue weighted by atomic mass is 16.4. The first kappa shape index (κ1) is 16.5. The lowest BCUT2D eigenvalue weighted by Crippen LogP contribution is -2.47. The fourth-order valence-electron chi connectivity index (χ4n) is 1.67. The monoisotopic (exact) mass is 294 g/mol. The molecule has 0 radical (unpaired) electrons. The second-order valence-corrected chi connectivity index (χ2v) is 4.78. The summed E-state index contributed by atoms with van der Waals surface area (Å²) >= 11 is 0. The number of rotatable bonds is 6. The highest BCUT2D eigenvalue weighted by molar-refractivity contribution is 5.86. The van der Waals surface area contributed by atoms with E-state index in [2.05, 4.69) is 5.32 Å². The van der Waals surface area contributed by atoms with Gasteiger partial charge < -0.3 is 20.4 Å². The van der Waals surface area contributed by atoms with Gasteiger partial charge in [-0.05, 0) is 12.5 Å². The first-order valence-corrected chi connectivity index (χ1v) is 6.31. The molecule has 7 nitrogen and oxygen atoms in total. The van der Waals surface area contributed by atoms with Gasteiger partial charge >= 0.3 is 18.0 Å². The fraction of sp³-hybridized carbons (Fsp3) is 0.357. The van der Waals surface area contributed by atoms with Crippen molar-refractivity contribution in [3.05, 3.63) is 35.4 Å². The molecule has 0 aromatic heterocycles. The summed E-state index contributed by atoms with van der Waals surface area (Å²) in [5.41, 5.74) is 1.99. The smallest absolute Gasteiger partial charge is 0.326 e. The molecule has 1 atom stereocenters. The van der Waals surface area contributed by atoms with Crippen LogP contribution in [-0.2, 0) is 16.1 Å². The van der Waals surface area contributed by atoms with Crippen LogP contribution in [-0.4, -0.2) is 46.2 Å². The van der Waals surface area contributed by atoms with E-state index in [0.717, 1.165) is 11.1 Å². The highest BCUT2D eigenvalue weighted by Gasteiger charge is 2.24. The average molecular weight is 294 g/mol. The molecular weight excluding hydrogens is 276 g/mol. The number of hydrogen-bond donors (Lipinski definition) is 3. The minimum Gasteiger partial charge on any atom is -0.481 e. The van der Waals surface area contributed by atoms with Crippen molar-refractivity contribution in [2.75, 3.05) is 7.05 Å². The summed E-state index contributed by atoms with van der Waals surface area (Å²) in [4.78, 5) is 34.6. The van der Waals surface area contributed by atoms with E-state index in [9.17, 15) is 14.4 Å². The van der Waals surface area contributed by atoms with E-state index in [-0.39, 0.29) is 0 Å². The molecule has 7 heteroatoms. The Balaban J connectivity index is 2.62. The molecule has 0 aliphatic rings. The molecule has 0 aliphatic heterocycles. The van der Waals surface area contributed by atoms with Crippen LogP contribution in [0.5, 0.6) is 0 Å². The molecular formula is C14H18N2O5. The van der Waals surface area contributed by atoms with Crippen molar-refractivity contribution in [2.45, 2.75) is 25.9 Å². The van der Waals surface area contributed by atoms with Crippen LogP contribution >= 0.6 is 0 Å². The minimum absolute atomic E-state index is 0.297. The zero-order chi connectivity index (χ0) is 16.0. The number of urea groups is 1. The summed E-state index contributed by atoms with van der Waals surface area (Å²) in [5, 5.41) is 19.7. The third kappa shape index (κ3) is 5.52. The van der Waals surface area contributed by atoms with Gasteiger partial charge in [-0.15, -0.1) is 0 Å². The van der Waals surface area contributed by atoms with Gasteiger partial charge in [-0.25, -0.2) is 9.59 Å². The van der Waals surface area contributed by atoms with Crippen molar-refractivity contribution in [2.24, 2.45) is 0 Å². The number of benzene rings is 1. The number of carbonyl (C=O) groups excluding carboxylic acids is 1. The second kappa shape index (κ2) is 7.28. The molecule has 114 valence electrons. The van der Waals surface area contributed by atoms with Crippen LogP contribution in [0.2, 0.25) is 0 Å². The van der Waals surface area contributed by atoms with Crippen molar-refractivity contribution in [3.63, 3.8) is 0 Å². The molecule has 0 saturated heterocycles. The Bertz CT molecular complexity index is 527. The topological polar surface area (TPSA) is 107 Å². The molecule has 1 aromatic carbocycles. The standard InChI is InChI=1S/C14H18N2O5/c1-9-3-5-10(6-4-9)8-16(2)14(21)15-11(13(19)20)7-12(17)18/h3-6,11H,7-8H2,1-2H3,(H,15,21)(H,17,18)(H,19,20). The Morgan fingerprint density at radius 2 is 1.76 bits per heavy atom. The van der Waals surface area contributed by atoms with Gasteiger partial charge in [0.15, 0.2) is 0 Å². The number of aryl methyl sites for hydroxylation is 1. The number of hydrogen-bond acceptors (Lipinski definition) is 3. The van der Waals surface area contributed by atoms with Crippen LogP contribution in [0.1, 0.15) is 17.5 Å². The van der Waals surface area contributed by atoms with Crippen molar-refractivity contribution < 1.29 is 24.6 Å². The van der Waals surface area contributed by atoms with Crippen molar-refractivity contribution >= 4 is 18.0 Å². The molecule has 2 amide bonds. The Morgan fingerprint density at radius 1 is 1.19 bits per heavy atom. The molecule has 0 spiro atoms. The molecule has 0 bridgehead atoms. The van der Waals surface area contributed by atoms with E-state index in [4.69, 9.17) is 10.2 Å². The Labute approximate surface area is 122 Å². The lowest BCUT2D eigenvalue weighted by molar-refractivity contribution is -0.145. The third-order valence-electron chi connectivity index (χ3n) is 2.86. The SMILES string of the molecule is Cc1ccc(CN(C)C(=O)NC(CC(=O)O)C(=O)O)cc1. The number of nitrogens with zero attached hydrogens (tertiary/aromatic N) is 1. The number of carboxylic acids is 2.